The first kappa shape index (κ1) is 10.3. The Labute approximate surface area is 92.0 Å². The number of hydrogen-bond acceptors (Lipinski definition) is 3. The summed E-state index contributed by atoms with van der Waals surface area (Å²) in [5.74, 6) is 0.282. The summed E-state index contributed by atoms with van der Waals surface area (Å²) in [6, 6.07) is 10.9. The van der Waals surface area contributed by atoms with E-state index in [1.165, 1.54) is 0 Å². The van der Waals surface area contributed by atoms with Gasteiger partial charge in [-0.15, -0.1) is 0 Å². The zero-order valence-corrected chi connectivity index (χ0v) is 8.48. The first-order valence-electron chi connectivity index (χ1n) is 4.38. The quantitative estimate of drug-likeness (QED) is 0.762. The first-order valence-corrected chi connectivity index (χ1v) is 4.76. The molecule has 0 aliphatic rings. The van der Waals surface area contributed by atoms with E-state index in [0.29, 0.717) is 5.02 Å². The largest absolute Gasteiger partial charge is 0.707 e. The van der Waals surface area contributed by atoms with Gasteiger partial charge in [0.1, 0.15) is 5.75 Å². The summed E-state index contributed by atoms with van der Waals surface area (Å²) < 4.78 is 4.84. The van der Waals surface area contributed by atoms with Gasteiger partial charge >= 0.3 is 7.32 Å². The third-order valence-corrected chi connectivity index (χ3v) is 2.35. The highest BCUT2D eigenvalue weighted by atomic mass is 35.5. The Morgan fingerprint density at radius 3 is 2.53 bits per heavy atom. The average Bonchev–Trinajstić information content (AvgIpc) is 2.22. The van der Waals surface area contributed by atoms with Crippen molar-refractivity contribution in [2.75, 3.05) is 0 Å². The molecular weight excluding hydrogens is 214 g/mol. The molecule has 5 heteroatoms. The molecule has 2 aromatic rings. The summed E-state index contributed by atoms with van der Waals surface area (Å²) in [5.41, 5.74) is 0. The molecule has 0 saturated carbocycles. The summed E-state index contributed by atoms with van der Waals surface area (Å²) in [6.45, 7) is 0. The normalized spacial score (nSPS) is 10.3. The van der Waals surface area contributed by atoms with Crippen molar-refractivity contribution in [1.82, 2.24) is 0 Å². The number of halogens is 1. The highest BCUT2D eigenvalue weighted by Gasteiger charge is 2.15. The average molecular weight is 222 g/mol. The van der Waals surface area contributed by atoms with Crippen molar-refractivity contribution in [3.8, 4) is 5.75 Å². The molecule has 0 amide bonds. The van der Waals surface area contributed by atoms with Crippen LogP contribution in [0, 0.1) is 0 Å². The van der Waals surface area contributed by atoms with Gasteiger partial charge < -0.3 is 14.7 Å². The maximum atomic E-state index is 8.76. The minimum Gasteiger partial charge on any atom is -0.510 e. The molecule has 2 rings (SSSR count). The lowest BCUT2D eigenvalue weighted by Crippen LogP contribution is -2.20. The molecule has 0 spiro atoms. The Bertz CT molecular complexity index is 487. The fourth-order valence-electron chi connectivity index (χ4n) is 1.44. The highest BCUT2D eigenvalue weighted by Crippen LogP contribution is 2.33. The number of fused-ring (bicyclic) bond motifs is 1. The van der Waals surface area contributed by atoms with Crippen LogP contribution in [0.1, 0.15) is 0 Å². The van der Waals surface area contributed by atoms with Gasteiger partial charge in [0.15, 0.2) is 0 Å². The molecule has 0 unspecified atom stereocenters. The maximum absolute atomic E-state index is 8.76. The van der Waals surface area contributed by atoms with Crippen LogP contribution in [-0.4, -0.2) is 17.4 Å². The third kappa shape index (κ3) is 2.07. The molecule has 15 heavy (non-hydrogen) atoms. The minimum absolute atomic E-state index is 0.282. The van der Waals surface area contributed by atoms with E-state index in [9.17, 15) is 0 Å². The van der Waals surface area contributed by atoms with Crippen molar-refractivity contribution in [2.45, 2.75) is 0 Å². The smallest absolute Gasteiger partial charge is 0.510 e. The van der Waals surface area contributed by atoms with Crippen LogP contribution in [-0.2, 0) is 0 Å². The van der Waals surface area contributed by atoms with E-state index in [1.54, 1.807) is 12.1 Å². The Morgan fingerprint density at radius 2 is 1.80 bits per heavy atom. The lowest BCUT2D eigenvalue weighted by atomic mass is 10.1. The van der Waals surface area contributed by atoms with Gasteiger partial charge in [-0.2, -0.15) is 0 Å². The Balaban J connectivity index is 2.63. The van der Waals surface area contributed by atoms with Crippen LogP contribution in [0.5, 0.6) is 5.75 Å². The molecule has 0 aliphatic carbocycles. The molecule has 76 valence electrons. The van der Waals surface area contributed by atoms with Crippen LogP contribution < -0.4 is 4.65 Å². The predicted octanol–water partition coefficient (Wildman–Crippen LogP) is 1.84. The minimum atomic E-state index is -1.87. The summed E-state index contributed by atoms with van der Waals surface area (Å²) in [6.07, 6.45) is 0. The zero-order chi connectivity index (χ0) is 10.8. The molecule has 0 radical (unpaired) electrons. The Kier molecular flexibility index (Phi) is 2.82. The fraction of sp³-hybridized carbons (Fsp3) is 0. The zero-order valence-electron chi connectivity index (χ0n) is 7.72. The highest BCUT2D eigenvalue weighted by molar-refractivity contribution is 6.37. The fourth-order valence-corrected chi connectivity index (χ4v) is 1.65. The first-order chi connectivity index (χ1) is 7.18. The van der Waals surface area contributed by atoms with Crippen molar-refractivity contribution in [3.63, 3.8) is 0 Å². The van der Waals surface area contributed by atoms with E-state index in [4.69, 9.17) is 26.3 Å². The molecule has 0 atom stereocenters. The molecule has 0 aliphatic heterocycles. The second kappa shape index (κ2) is 4.10. The maximum Gasteiger partial charge on any atom is 0.707 e. The number of benzene rings is 2. The molecule has 2 N–H and O–H groups in total. The van der Waals surface area contributed by atoms with E-state index < -0.39 is 7.32 Å². The van der Waals surface area contributed by atoms with Gasteiger partial charge in [0, 0.05) is 5.39 Å². The summed E-state index contributed by atoms with van der Waals surface area (Å²) in [7, 11) is -1.87. The second-order valence-electron chi connectivity index (χ2n) is 3.04. The summed E-state index contributed by atoms with van der Waals surface area (Å²) in [4.78, 5) is 0. The van der Waals surface area contributed by atoms with E-state index in [-0.39, 0.29) is 5.75 Å². The van der Waals surface area contributed by atoms with Gasteiger partial charge in [0.2, 0.25) is 0 Å². The van der Waals surface area contributed by atoms with Crippen LogP contribution in [0.25, 0.3) is 10.8 Å². The van der Waals surface area contributed by atoms with E-state index in [0.717, 1.165) is 10.8 Å². The summed E-state index contributed by atoms with van der Waals surface area (Å²) in [5, 5.41) is 19.6. The topological polar surface area (TPSA) is 49.7 Å². The standard InChI is InChI=1S/C10H8BClO3/c12-9-6-5-7-3-1-2-4-8(7)10(9)15-11(13)14/h1-6,13-14H. The van der Waals surface area contributed by atoms with Gasteiger partial charge in [-0.25, -0.2) is 0 Å². The number of rotatable bonds is 2. The van der Waals surface area contributed by atoms with Gasteiger partial charge in [-0.05, 0) is 11.5 Å². The summed E-state index contributed by atoms with van der Waals surface area (Å²) >= 11 is 5.90. The molecule has 0 heterocycles. The van der Waals surface area contributed by atoms with Crippen LogP contribution in [0.2, 0.25) is 5.02 Å². The number of hydrogen-bond donors (Lipinski definition) is 2. The van der Waals surface area contributed by atoms with E-state index >= 15 is 0 Å². The van der Waals surface area contributed by atoms with Gasteiger partial charge in [0.05, 0.1) is 5.02 Å². The van der Waals surface area contributed by atoms with Crippen molar-refractivity contribution >= 4 is 29.7 Å². The van der Waals surface area contributed by atoms with Gasteiger partial charge in [0.25, 0.3) is 0 Å². The molecule has 0 bridgehead atoms. The van der Waals surface area contributed by atoms with Crippen molar-refractivity contribution in [1.29, 1.82) is 0 Å². The third-order valence-electron chi connectivity index (χ3n) is 2.05. The van der Waals surface area contributed by atoms with Crippen molar-refractivity contribution in [2.24, 2.45) is 0 Å². The Hall–Kier alpha value is -1.23. The predicted molar refractivity (Wildman–Crippen MR) is 59.8 cm³/mol. The van der Waals surface area contributed by atoms with Crippen molar-refractivity contribution in [3.05, 3.63) is 41.4 Å². The monoisotopic (exact) mass is 222 g/mol. The molecule has 2 aromatic carbocycles. The van der Waals surface area contributed by atoms with Crippen LogP contribution in [0.4, 0.5) is 0 Å². The van der Waals surface area contributed by atoms with Crippen molar-refractivity contribution < 1.29 is 14.7 Å². The van der Waals surface area contributed by atoms with Gasteiger partial charge in [-0.3, -0.25) is 0 Å². The molecule has 0 fully saturated rings. The molecular formula is C10H8BClO3. The molecule has 0 saturated heterocycles. The SMILES string of the molecule is OB(O)Oc1c(Cl)ccc2ccccc12. The Morgan fingerprint density at radius 1 is 1.07 bits per heavy atom. The van der Waals surface area contributed by atoms with E-state index in [1.807, 2.05) is 24.3 Å². The van der Waals surface area contributed by atoms with Crippen LogP contribution >= 0.6 is 11.6 Å². The van der Waals surface area contributed by atoms with Gasteiger partial charge in [-0.1, -0.05) is 41.9 Å². The molecule has 0 aromatic heterocycles. The molecule has 3 nitrogen and oxygen atoms in total. The van der Waals surface area contributed by atoms with E-state index in [2.05, 4.69) is 0 Å². The van der Waals surface area contributed by atoms with Crippen LogP contribution in [0.3, 0.4) is 0 Å². The second-order valence-corrected chi connectivity index (χ2v) is 3.45. The lowest BCUT2D eigenvalue weighted by molar-refractivity contribution is 0.289. The van der Waals surface area contributed by atoms with Crippen LogP contribution in [0.15, 0.2) is 36.4 Å². The lowest BCUT2D eigenvalue weighted by Gasteiger charge is -2.10.